The summed E-state index contributed by atoms with van der Waals surface area (Å²) in [7, 11) is 0. The minimum absolute atomic E-state index is 0.00607. The highest BCUT2D eigenvalue weighted by Crippen LogP contribution is 2.44. The fourth-order valence-corrected chi connectivity index (χ4v) is 4.49. The second-order valence-corrected chi connectivity index (χ2v) is 8.81. The molecule has 0 bridgehead atoms. The highest BCUT2D eigenvalue weighted by Gasteiger charge is 2.54. The Morgan fingerprint density at radius 1 is 1.05 bits per heavy atom. The predicted octanol–water partition coefficient (Wildman–Crippen LogP) is 5.20. The summed E-state index contributed by atoms with van der Waals surface area (Å²) >= 11 is 0. The summed E-state index contributed by atoms with van der Waals surface area (Å²) in [6, 6.07) is 20.6. The molecule has 0 aromatic heterocycles. The maximum absolute atomic E-state index is 13.5. The van der Waals surface area contributed by atoms with Gasteiger partial charge in [0.05, 0.1) is 13.2 Å². The lowest BCUT2D eigenvalue weighted by molar-refractivity contribution is -0.137. The lowest BCUT2D eigenvalue weighted by Crippen LogP contribution is -2.49. The number of ether oxygens (including phenoxy) is 2. The fraction of sp³-hybridized carbons (Fsp3) is 0.259. The monoisotopic (exact) mass is 542 g/mol. The van der Waals surface area contributed by atoms with Crippen molar-refractivity contribution < 1.29 is 24.6 Å². The number of hydrogen-bond donors (Lipinski definition) is 3. The van der Waals surface area contributed by atoms with Crippen LogP contribution < -0.4 is 10.2 Å². The summed E-state index contributed by atoms with van der Waals surface area (Å²) in [5.41, 5.74) is 20.5. The van der Waals surface area contributed by atoms with E-state index in [1.807, 2.05) is 0 Å². The van der Waals surface area contributed by atoms with Crippen molar-refractivity contribution in [2.45, 2.75) is 31.0 Å². The normalized spacial score (nSPS) is 17.6. The maximum atomic E-state index is 13.5. The number of benzene rings is 3. The van der Waals surface area contributed by atoms with Crippen LogP contribution in [-0.4, -0.2) is 40.9 Å². The lowest BCUT2D eigenvalue weighted by atomic mass is 9.80. The van der Waals surface area contributed by atoms with Gasteiger partial charge in [0, 0.05) is 40.5 Å². The maximum Gasteiger partial charge on any atom is 0.275 e. The van der Waals surface area contributed by atoms with Crippen molar-refractivity contribution in [3.63, 3.8) is 0 Å². The van der Waals surface area contributed by atoms with Crippen molar-refractivity contribution in [3.05, 3.63) is 116 Å². The molecule has 0 spiro atoms. The molecule has 13 heteroatoms. The van der Waals surface area contributed by atoms with Crippen molar-refractivity contribution in [1.82, 2.24) is 5.48 Å². The average Bonchev–Trinajstić information content (AvgIpc) is 3.37. The molecule has 1 amide bonds. The van der Waals surface area contributed by atoms with Crippen LogP contribution in [0.25, 0.3) is 20.9 Å². The van der Waals surface area contributed by atoms with Crippen molar-refractivity contribution in [1.29, 1.82) is 0 Å². The third-order valence-electron chi connectivity index (χ3n) is 6.38. The van der Waals surface area contributed by atoms with Gasteiger partial charge >= 0.3 is 0 Å². The van der Waals surface area contributed by atoms with Crippen LogP contribution in [0, 0.1) is 0 Å². The van der Waals surface area contributed by atoms with E-state index in [9.17, 15) is 10.0 Å². The fourth-order valence-electron chi connectivity index (χ4n) is 4.49. The largest absolute Gasteiger partial charge is 0.494 e. The van der Waals surface area contributed by atoms with Gasteiger partial charge < -0.3 is 14.6 Å². The van der Waals surface area contributed by atoms with Crippen LogP contribution in [0.2, 0.25) is 0 Å². The van der Waals surface area contributed by atoms with Gasteiger partial charge in [-0.3, -0.25) is 10.0 Å². The van der Waals surface area contributed by atoms with E-state index in [-0.39, 0.29) is 25.5 Å². The number of hydrogen-bond acceptors (Lipinski definition) is 8. The number of carbonyl (C=O) groups is 1. The molecule has 0 saturated heterocycles. The number of nitrogens with one attached hydrogen (secondary N) is 1. The second-order valence-electron chi connectivity index (χ2n) is 8.81. The number of aliphatic hydroxyl groups excluding tert-OH is 1. The summed E-state index contributed by atoms with van der Waals surface area (Å²) in [6.45, 7) is 0.360. The van der Waals surface area contributed by atoms with Crippen LogP contribution in [0.3, 0.4) is 0 Å². The lowest BCUT2D eigenvalue weighted by Gasteiger charge is -2.31. The molecule has 0 aliphatic carbocycles. The van der Waals surface area contributed by atoms with Gasteiger partial charge in [-0.1, -0.05) is 58.8 Å². The molecular weight excluding hydrogens is 516 g/mol. The smallest absolute Gasteiger partial charge is 0.275 e. The summed E-state index contributed by atoms with van der Waals surface area (Å²) in [4.78, 5) is 24.0. The number of aliphatic hydroxyl groups is 1. The summed E-state index contributed by atoms with van der Waals surface area (Å²) < 4.78 is 12.0. The second kappa shape index (κ2) is 13.1. The number of azide groups is 2. The number of nitrogens with zero attached hydrogens (tertiary/aromatic N) is 7. The molecule has 1 heterocycles. The van der Waals surface area contributed by atoms with Crippen molar-refractivity contribution in [2.75, 3.05) is 13.2 Å². The van der Waals surface area contributed by atoms with Gasteiger partial charge in [0.25, 0.3) is 5.91 Å². The van der Waals surface area contributed by atoms with E-state index in [1.165, 1.54) is 0 Å². The molecular formula is C27H26N8O5. The quantitative estimate of drug-likeness (QED) is 0.0704. The first-order valence-corrected chi connectivity index (χ1v) is 12.3. The number of carbonyl (C=O) groups excluding carboxylic acids is 1. The molecule has 0 fully saturated rings. The molecule has 0 radical (unpaired) electrons. The minimum Gasteiger partial charge on any atom is -0.494 e. The van der Waals surface area contributed by atoms with Gasteiger partial charge in [0.1, 0.15) is 5.75 Å². The van der Waals surface area contributed by atoms with E-state index in [0.29, 0.717) is 46.7 Å². The number of amides is 1. The van der Waals surface area contributed by atoms with Gasteiger partial charge in [0.15, 0.2) is 11.6 Å². The third-order valence-corrected chi connectivity index (χ3v) is 6.38. The summed E-state index contributed by atoms with van der Waals surface area (Å²) in [6.07, 6.45) is -0.662. The van der Waals surface area contributed by atoms with E-state index in [2.05, 4.69) is 20.1 Å². The van der Waals surface area contributed by atoms with Crippen LogP contribution in [-0.2, 0) is 22.5 Å². The Kier molecular flexibility index (Phi) is 9.19. The molecule has 1 aliphatic rings. The van der Waals surface area contributed by atoms with Crippen LogP contribution in [0.4, 0.5) is 5.69 Å². The van der Waals surface area contributed by atoms with E-state index in [1.54, 1.807) is 78.3 Å². The average molecular weight is 543 g/mol. The van der Waals surface area contributed by atoms with E-state index < -0.39 is 17.6 Å². The Hall–Kier alpha value is -5.06. The van der Waals surface area contributed by atoms with Gasteiger partial charge in [-0.15, -0.1) is 0 Å². The molecule has 0 unspecified atom stereocenters. The topological polar surface area (TPSA) is 198 Å². The zero-order chi connectivity index (χ0) is 28.4. The zero-order valence-electron chi connectivity index (χ0n) is 21.3. The van der Waals surface area contributed by atoms with Gasteiger partial charge in [-0.25, -0.2) is 10.5 Å². The summed E-state index contributed by atoms with van der Waals surface area (Å²) in [5, 5.41) is 26.3. The predicted molar refractivity (Wildman–Crippen MR) is 145 cm³/mol. The van der Waals surface area contributed by atoms with Gasteiger partial charge in [0.2, 0.25) is 5.90 Å². The van der Waals surface area contributed by atoms with Crippen LogP contribution in [0.1, 0.15) is 34.8 Å². The molecule has 2 atom stereocenters. The third kappa shape index (κ3) is 5.98. The molecule has 40 heavy (non-hydrogen) atoms. The first kappa shape index (κ1) is 28.0. The molecule has 3 N–H and O–H groups in total. The Morgan fingerprint density at radius 2 is 1.77 bits per heavy atom. The van der Waals surface area contributed by atoms with E-state index in [4.69, 9.17) is 30.6 Å². The first-order valence-electron chi connectivity index (χ1n) is 12.3. The molecule has 1 aliphatic heterocycles. The Balaban J connectivity index is 1.85. The number of rotatable bonds is 12. The van der Waals surface area contributed by atoms with Crippen LogP contribution in [0.15, 0.2) is 88.0 Å². The Bertz CT molecular complexity index is 1480. The zero-order valence-corrected chi connectivity index (χ0v) is 21.3. The van der Waals surface area contributed by atoms with Gasteiger partial charge in [-0.2, -0.15) is 0 Å². The number of hydroxylamine groups is 1. The minimum atomic E-state index is -1.74. The van der Waals surface area contributed by atoms with Crippen molar-refractivity contribution in [2.24, 2.45) is 15.2 Å². The van der Waals surface area contributed by atoms with Crippen molar-refractivity contribution in [3.8, 4) is 5.75 Å². The molecule has 3 aromatic rings. The Labute approximate surface area is 228 Å². The highest BCUT2D eigenvalue weighted by molar-refractivity contribution is 6.01. The molecule has 3 aromatic carbocycles. The van der Waals surface area contributed by atoms with E-state index >= 15 is 0 Å². The standard InChI is InChI=1S/C27H26N8O5/c28-34-30-17-20-7-1-3-8-22(20)24-27(26(37)33-38,16-19-6-2-4-9-23(19)32-35-29)31-25(40-24)18-10-12-21(13-11-18)39-15-5-14-36/h1-4,6-13,24,36,38H,5,14-17H2,(H,33,37)/t24-,27-/m0/s1. The molecule has 13 nitrogen and oxygen atoms in total. The Morgan fingerprint density at radius 3 is 2.48 bits per heavy atom. The SMILES string of the molecule is [N-]=[N+]=NCc1ccccc1[C@@H]1OC(c2ccc(OCCCO)cc2)=N[C@]1(Cc1ccccc1N=[N+]=[N-])C(=O)NO. The first-order chi connectivity index (χ1) is 19.6. The van der Waals surface area contributed by atoms with Crippen LogP contribution >= 0.6 is 0 Å². The molecule has 4 rings (SSSR count). The van der Waals surface area contributed by atoms with Crippen LogP contribution in [0.5, 0.6) is 5.75 Å². The van der Waals surface area contributed by atoms with Gasteiger partial charge in [-0.05, 0) is 52.0 Å². The number of aliphatic imine (C=N–C) groups is 1. The summed E-state index contributed by atoms with van der Waals surface area (Å²) in [5.74, 6) is -0.129. The van der Waals surface area contributed by atoms with E-state index in [0.717, 1.165) is 0 Å². The molecule has 204 valence electrons. The highest BCUT2D eigenvalue weighted by atomic mass is 16.5. The molecule has 0 saturated carbocycles. The van der Waals surface area contributed by atoms with Crippen molar-refractivity contribution >= 4 is 17.5 Å².